The van der Waals surface area contributed by atoms with Crippen molar-refractivity contribution in [2.75, 3.05) is 19.5 Å². The highest BCUT2D eigenvalue weighted by atomic mass is 19.1. The molecule has 0 spiro atoms. The van der Waals surface area contributed by atoms with Crippen LogP contribution in [-0.4, -0.2) is 34.5 Å². The van der Waals surface area contributed by atoms with Crippen LogP contribution < -0.4 is 14.8 Å². The highest BCUT2D eigenvalue weighted by molar-refractivity contribution is 6.07. The van der Waals surface area contributed by atoms with E-state index in [1.54, 1.807) is 60.5 Å². The molecule has 1 N–H and O–H groups in total. The quantitative estimate of drug-likeness (QED) is 0.524. The zero-order valence-corrected chi connectivity index (χ0v) is 16.4. The molecule has 2 heterocycles. The third-order valence-electron chi connectivity index (χ3n) is 4.58. The predicted molar refractivity (Wildman–Crippen MR) is 110 cm³/mol. The first-order chi connectivity index (χ1) is 14.6. The van der Waals surface area contributed by atoms with Crippen LogP contribution in [0.15, 0.2) is 73.2 Å². The molecule has 0 saturated heterocycles. The van der Waals surface area contributed by atoms with Crippen LogP contribution in [0.25, 0.3) is 11.5 Å². The second-order valence-electron chi connectivity index (χ2n) is 6.36. The molecule has 152 valence electrons. The number of para-hydroxylation sites is 1. The van der Waals surface area contributed by atoms with Gasteiger partial charge < -0.3 is 19.4 Å². The number of hydrogen-bond donors (Lipinski definition) is 1. The largest absolute Gasteiger partial charge is 0.497 e. The zero-order valence-electron chi connectivity index (χ0n) is 16.4. The minimum Gasteiger partial charge on any atom is -0.497 e. The first-order valence-electron chi connectivity index (χ1n) is 9.12. The number of amides is 1. The van der Waals surface area contributed by atoms with Crippen LogP contribution >= 0.6 is 0 Å². The summed E-state index contributed by atoms with van der Waals surface area (Å²) < 4.78 is 28.1. The molecule has 0 fully saturated rings. The minimum absolute atomic E-state index is 0.238. The van der Waals surface area contributed by atoms with Crippen molar-refractivity contribution in [3.63, 3.8) is 0 Å². The van der Waals surface area contributed by atoms with Crippen LogP contribution in [0.1, 0.15) is 10.4 Å². The highest BCUT2D eigenvalue weighted by Crippen LogP contribution is 2.30. The topological polar surface area (TPSA) is 70.3 Å². The molecular formula is C22H19FN4O3. The van der Waals surface area contributed by atoms with Crippen LogP contribution in [0.5, 0.6) is 11.5 Å². The van der Waals surface area contributed by atoms with Crippen molar-refractivity contribution in [1.82, 2.24) is 14.3 Å². The van der Waals surface area contributed by atoms with E-state index in [1.807, 2.05) is 12.1 Å². The number of hydrogen-bond acceptors (Lipinski definition) is 4. The zero-order chi connectivity index (χ0) is 21.1. The van der Waals surface area contributed by atoms with Crippen LogP contribution in [0, 0.1) is 5.82 Å². The second kappa shape index (κ2) is 8.12. The number of benzene rings is 2. The maximum absolute atomic E-state index is 14.4. The molecule has 0 saturated carbocycles. The highest BCUT2D eigenvalue weighted by Gasteiger charge is 2.22. The van der Waals surface area contributed by atoms with E-state index in [0.29, 0.717) is 23.0 Å². The van der Waals surface area contributed by atoms with E-state index in [-0.39, 0.29) is 11.3 Å². The van der Waals surface area contributed by atoms with Gasteiger partial charge in [-0.05, 0) is 36.4 Å². The first kappa shape index (κ1) is 19.3. The lowest BCUT2D eigenvalue weighted by molar-refractivity contribution is 0.102. The lowest BCUT2D eigenvalue weighted by atomic mass is 10.2. The number of ether oxygens (including phenoxy) is 2. The van der Waals surface area contributed by atoms with Gasteiger partial charge in [0.05, 0.1) is 26.1 Å². The molecule has 0 radical (unpaired) electrons. The maximum Gasteiger partial charge on any atom is 0.261 e. The molecule has 1 amide bonds. The van der Waals surface area contributed by atoms with Gasteiger partial charge in [0.15, 0.2) is 5.82 Å². The summed E-state index contributed by atoms with van der Waals surface area (Å²) in [6.45, 7) is 0. The van der Waals surface area contributed by atoms with Gasteiger partial charge >= 0.3 is 0 Å². The maximum atomic E-state index is 14.4. The van der Waals surface area contributed by atoms with E-state index in [2.05, 4.69) is 10.4 Å². The van der Waals surface area contributed by atoms with E-state index < -0.39 is 11.7 Å². The molecule has 30 heavy (non-hydrogen) atoms. The van der Waals surface area contributed by atoms with Crippen LogP contribution in [0.2, 0.25) is 0 Å². The van der Waals surface area contributed by atoms with E-state index >= 15 is 0 Å². The number of aromatic nitrogens is 3. The summed E-state index contributed by atoms with van der Waals surface area (Å²) in [7, 11) is 3.05. The Balaban J connectivity index is 1.77. The van der Waals surface area contributed by atoms with Crippen molar-refractivity contribution in [3.05, 3.63) is 84.6 Å². The SMILES string of the molecule is COc1ccc(NC(=O)c2cnn(-c3ccccc3F)c2-n2cccc2)c(OC)c1. The number of anilines is 1. The summed E-state index contributed by atoms with van der Waals surface area (Å²) in [5.74, 6) is 0.606. The van der Waals surface area contributed by atoms with Gasteiger partial charge in [0.1, 0.15) is 28.6 Å². The molecule has 0 bridgehead atoms. The molecule has 0 unspecified atom stereocenters. The smallest absolute Gasteiger partial charge is 0.261 e. The van der Waals surface area contributed by atoms with Crippen molar-refractivity contribution >= 4 is 11.6 Å². The van der Waals surface area contributed by atoms with Gasteiger partial charge in [0.25, 0.3) is 5.91 Å². The average Bonchev–Trinajstić information content (AvgIpc) is 3.44. The number of rotatable bonds is 6. The van der Waals surface area contributed by atoms with Crippen molar-refractivity contribution in [1.29, 1.82) is 0 Å². The molecule has 8 heteroatoms. The molecule has 0 aliphatic rings. The first-order valence-corrected chi connectivity index (χ1v) is 9.12. The number of carbonyl (C=O) groups excluding carboxylic acids is 1. The summed E-state index contributed by atoms with van der Waals surface area (Å²) in [5.41, 5.74) is 0.981. The van der Waals surface area contributed by atoms with Crippen LogP contribution in [0.3, 0.4) is 0 Å². The summed E-state index contributed by atoms with van der Waals surface area (Å²) in [6, 6.07) is 15.0. The van der Waals surface area contributed by atoms with Gasteiger partial charge in [-0.2, -0.15) is 5.10 Å². The van der Waals surface area contributed by atoms with Gasteiger partial charge in [-0.15, -0.1) is 0 Å². The number of methoxy groups -OCH3 is 2. The monoisotopic (exact) mass is 406 g/mol. The molecule has 2 aromatic carbocycles. The van der Waals surface area contributed by atoms with E-state index in [9.17, 15) is 9.18 Å². The van der Waals surface area contributed by atoms with Crippen LogP contribution in [-0.2, 0) is 0 Å². The Labute approximate surface area is 172 Å². The van der Waals surface area contributed by atoms with Crippen LogP contribution in [0.4, 0.5) is 10.1 Å². The third-order valence-corrected chi connectivity index (χ3v) is 4.58. The van der Waals surface area contributed by atoms with Gasteiger partial charge in [-0.3, -0.25) is 4.79 Å². The molecular weight excluding hydrogens is 387 g/mol. The normalized spacial score (nSPS) is 10.6. The summed E-state index contributed by atoms with van der Waals surface area (Å²) in [6.07, 6.45) is 4.94. The molecule has 0 atom stereocenters. The fraction of sp³-hybridized carbons (Fsp3) is 0.0909. The van der Waals surface area contributed by atoms with Crippen molar-refractivity contribution in [2.24, 2.45) is 0 Å². The van der Waals surface area contributed by atoms with E-state index in [0.717, 1.165) is 0 Å². The molecule has 2 aromatic heterocycles. The summed E-state index contributed by atoms with van der Waals surface area (Å²) in [4.78, 5) is 13.1. The molecule has 4 aromatic rings. The van der Waals surface area contributed by atoms with Crippen molar-refractivity contribution < 1.29 is 18.7 Å². The van der Waals surface area contributed by atoms with Gasteiger partial charge in [-0.1, -0.05) is 12.1 Å². The minimum atomic E-state index is -0.446. The number of nitrogens with one attached hydrogen (secondary N) is 1. The predicted octanol–water partition coefficient (Wildman–Crippen LogP) is 4.07. The standard InChI is InChI=1S/C22H19FN4O3/c1-29-15-9-10-18(20(13-15)30-2)25-21(28)16-14-24-27(19-8-4-3-7-17(19)23)22(16)26-11-5-6-12-26/h3-14H,1-2H3,(H,25,28). The molecule has 7 nitrogen and oxygen atoms in total. The molecule has 0 aliphatic carbocycles. The Kier molecular flexibility index (Phi) is 5.21. The number of halogens is 1. The fourth-order valence-corrected chi connectivity index (χ4v) is 3.12. The lowest BCUT2D eigenvalue weighted by Gasteiger charge is -2.13. The van der Waals surface area contributed by atoms with Crippen molar-refractivity contribution in [2.45, 2.75) is 0 Å². The second-order valence-corrected chi connectivity index (χ2v) is 6.36. The third kappa shape index (κ3) is 3.50. The Bertz CT molecular complexity index is 1190. The lowest BCUT2D eigenvalue weighted by Crippen LogP contribution is -2.16. The summed E-state index contributed by atoms with van der Waals surface area (Å²) in [5, 5.41) is 7.11. The molecule has 4 rings (SSSR count). The Morgan fingerprint density at radius 3 is 2.50 bits per heavy atom. The Morgan fingerprint density at radius 1 is 1.03 bits per heavy atom. The average molecular weight is 406 g/mol. The summed E-state index contributed by atoms with van der Waals surface area (Å²) >= 11 is 0. The number of carbonyl (C=O) groups is 1. The Hall–Kier alpha value is -4.07. The van der Waals surface area contributed by atoms with E-state index in [1.165, 1.54) is 24.1 Å². The van der Waals surface area contributed by atoms with Gasteiger partial charge in [0.2, 0.25) is 0 Å². The van der Waals surface area contributed by atoms with E-state index in [4.69, 9.17) is 9.47 Å². The van der Waals surface area contributed by atoms with Gasteiger partial charge in [-0.25, -0.2) is 9.07 Å². The van der Waals surface area contributed by atoms with Crippen molar-refractivity contribution in [3.8, 4) is 23.0 Å². The van der Waals surface area contributed by atoms with Gasteiger partial charge in [0, 0.05) is 18.5 Å². The molecule has 0 aliphatic heterocycles. The number of nitrogens with zero attached hydrogens (tertiary/aromatic N) is 3. The fourth-order valence-electron chi connectivity index (χ4n) is 3.12. The Morgan fingerprint density at radius 2 is 1.80 bits per heavy atom.